The predicted octanol–water partition coefficient (Wildman–Crippen LogP) is 5.88. The topological polar surface area (TPSA) is 62.6 Å². The Labute approximate surface area is 235 Å². The summed E-state index contributed by atoms with van der Waals surface area (Å²) in [7, 11) is 0. The summed E-state index contributed by atoms with van der Waals surface area (Å²) < 4.78 is 39.8. The number of hydrogen-bond donors (Lipinski definition) is 1. The number of rotatable bonds is 6. The fraction of sp³-hybridized carbons (Fsp3) is 0.548. The van der Waals surface area contributed by atoms with Gasteiger partial charge in [-0.15, -0.1) is 0 Å². The van der Waals surface area contributed by atoms with Crippen LogP contribution in [0, 0.1) is 11.3 Å². The van der Waals surface area contributed by atoms with Crippen LogP contribution in [0.15, 0.2) is 42.5 Å². The molecule has 0 radical (unpaired) electrons. The van der Waals surface area contributed by atoms with Crippen molar-refractivity contribution < 1.29 is 18.0 Å². The van der Waals surface area contributed by atoms with Crippen LogP contribution in [0.25, 0.3) is 0 Å². The number of anilines is 2. The number of nitrogens with one attached hydrogen (secondary N) is 1. The highest BCUT2D eigenvalue weighted by Crippen LogP contribution is 2.34. The molecule has 2 aromatic carbocycles. The number of likely N-dealkylation sites (tertiary alicyclic amines) is 1. The van der Waals surface area contributed by atoms with Crippen LogP contribution in [-0.4, -0.2) is 67.6 Å². The van der Waals surface area contributed by atoms with Crippen LogP contribution < -0.4 is 10.2 Å². The molecule has 40 heavy (non-hydrogen) atoms. The van der Waals surface area contributed by atoms with Crippen molar-refractivity contribution in [2.45, 2.75) is 64.1 Å². The van der Waals surface area contributed by atoms with Crippen LogP contribution in [-0.2, 0) is 16.4 Å². The summed E-state index contributed by atoms with van der Waals surface area (Å²) >= 11 is 0. The quantitative estimate of drug-likeness (QED) is 0.483. The SMILES string of the molecule is CC(C)(C)c1ccc(N2CCCN(CCC(=O)N3CCC(Nc4ccc(C#N)c(C(F)(F)F)c4)CC3)CC2)cc1. The second kappa shape index (κ2) is 12.5. The molecule has 0 aromatic heterocycles. The second-order valence-electron chi connectivity index (χ2n) is 11.9. The Kier molecular flexibility index (Phi) is 9.29. The number of benzene rings is 2. The van der Waals surface area contributed by atoms with Gasteiger partial charge in [-0.2, -0.15) is 18.4 Å². The highest BCUT2D eigenvalue weighted by molar-refractivity contribution is 5.76. The van der Waals surface area contributed by atoms with Crippen molar-refractivity contribution in [1.29, 1.82) is 5.26 Å². The van der Waals surface area contributed by atoms with Gasteiger partial charge in [0.25, 0.3) is 0 Å². The number of carbonyl (C=O) groups excluding carboxylic acids is 1. The molecule has 0 atom stereocenters. The zero-order valence-electron chi connectivity index (χ0n) is 23.7. The number of nitriles is 1. The largest absolute Gasteiger partial charge is 0.417 e. The first kappa shape index (κ1) is 29.7. The van der Waals surface area contributed by atoms with Crippen LogP contribution in [0.2, 0.25) is 0 Å². The molecule has 2 aliphatic heterocycles. The van der Waals surface area contributed by atoms with E-state index in [-0.39, 0.29) is 22.9 Å². The Hall–Kier alpha value is -3.25. The third-order valence-corrected chi connectivity index (χ3v) is 7.99. The van der Waals surface area contributed by atoms with E-state index in [9.17, 15) is 18.0 Å². The molecule has 0 unspecified atom stereocenters. The van der Waals surface area contributed by atoms with Gasteiger partial charge in [0, 0.05) is 63.1 Å². The van der Waals surface area contributed by atoms with Crippen molar-refractivity contribution in [1.82, 2.24) is 9.80 Å². The van der Waals surface area contributed by atoms with Gasteiger partial charge < -0.3 is 20.0 Å². The minimum Gasteiger partial charge on any atom is -0.382 e. The third kappa shape index (κ3) is 7.69. The van der Waals surface area contributed by atoms with Crippen LogP contribution >= 0.6 is 0 Å². The zero-order chi connectivity index (χ0) is 28.9. The first-order chi connectivity index (χ1) is 18.9. The summed E-state index contributed by atoms with van der Waals surface area (Å²) in [5.41, 5.74) is 1.75. The predicted molar refractivity (Wildman–Crippen MR) is 152 cm³/mol. The number of hydrogen-bond acceptors (Lipinski definition) is 5. The van der Waals surface area contributed by atoms with Crippen LogP contribution in [0.3, 0.4) is 0 Å². The van der Waals surface area contributed by atoms with Gasteiger partial charge in [0.1, 0.15) is 0 Å². The van der Waals surface area contributed by atoms with E-state index in [1.807, 2.05) is 4.90 Å². The monoisotopic (exact) mass is 555 g/mol. The average Bonchev–Trinajstić information content (AvgIpc) is 3.17. The Balaban J connectivity index is 1.21. The number of nitrogens with zero attached hydrogens (tertiary/aromatic N) is 4. The van der Waals surface area contributed by atoms with Gasteiger partial charge in [-0.3, -0.25) is 4.79 Å². The summed E-state index contributed by atoms with van der Waals surface area (Å²) in [5.74, 6) is 0.134. The Morgan fingerprint density at radius 3 is 2.30 bits per heavy atom. The Morgan fingerprint density at radius 1 is 0.975 bits per heavy atom. The van der Waals surface area contributed by atoms with Crippen molar-refractivity contribution >= 4 is 17.3 Å². The van der Waals surface area contributed by atoms with Crippen LogP contribution in [0.5, 0.6) is 0 Å². The Bertz CT molecular complexity index is 1190. The molecule has 6 nitrogen and oxygen atoms in total. The van der Waals surface area contributed by atoms with Gasteiger partial charge >= 0.3 is 6.18 Å². The maximum absolute atomic E-state index is 13.3. The third-order valence-electron chi connectivity index (χ3n) is 7.99. The van der Waals surface area contributed by atoms with Gasteiger partial charge in [0.05, 0.1) is 17.2 Å². The zero-order valence-corrected chi connectivity index (χ0v) is 23.7. The molecule has 4 rings (SSSR count). The molecular formula is C31H40F3N5O. The van der Waals surface area contributed by atoms with Crippen molar-refractivity contribution in [2.24, 2.45) is 0 Å². The summed E-state index contributed by atoms with van der Waals surface area (Å²) in [4.78, 5) is 19.6. The van der Waals surface area contributed by atoms with Crippen molar-refractivity contribution in [3.05, 3.63) is 59.2 Å². The van der Waals surface area contributed by atoms with E-state index >= 15 is 0 Å². The maximum atomic E-state index is 13.3. The highest BCUT2D eigenvalue weighted by atomic mass is 19.4. The highest BCUT2D eigenvalue weighted by Gasteiger charge is 2.34. The second-order valence-corrected chi connectivity index (χ2v) is 11.9. The lowest BCUT2D eigenvalue weighted by Crippen LogP contribution is -2.43. The molecule has 0 aliphatic carbocycles. The molecule has 2 heterocycles. The number of halogens is 3. The lowest BCUT2D eigenvalue weighted by molar-refractivity contribution is -0.137. The smallest absolute Gasteiger partial charge is 0.382 e. The van der Waals surface area contributed by atoms with E-state index in [0.29, 0.717) is 38.0 Å². The van der Waals surface area contributed by atoms with E-state index in [4.69, 9.17) is 5.26 Å². The Morgan fingerprint density at radius 2 is 1.68 bits per heavy atom. The van der Waals surface area contributed by atoms with Gasteiger partial charge in [-0.1, -0.05) is 32.9 Å². The average molecular weight is 556 g/mol. The minimum absolute atomic E-state index is 0.0212. The van der Waals surface area contributed by atoms with Crippen molar-refractivity contribution in [3.8, 4) is 6.07 Å². The molecule has 0 saturated carbocycles. The molecular weight excluding hydrogens is 515 g/mol. The van der Waals surface area contributed by atoms with E-state index in [2.05, 4.69) is 60.2 Å². The first-order valence-electron chi connectivity index (χ1n) is 14.2. The van der Waals surface area contributed by atoms with Gasteiger partial charge in [-0.25, -0.2) is 0 Å². The molecule has 0 spiro atoms. The normalized spacial score (nSPS) is 17.8. The fourth-order valence-corrected chi connectivity index (χ4v) is 5.51. The summed E-state index contributed by atoms with van der Waals surface area (Å²) in [6.07, 6.45) is -1.72. The van der Waals surface area contributed by atoms with E-state index in [1.165, 1.54) is 23.4 Å². The molecule has 2 saturated heterocycles. The van der Waals surface area contributed by atoms with Crippen molar-refractivity contribution in [2.75, 3.05) is 56.0 Å². The number of alkyl halides is 3. The minimum atomic E-state index is -4.58. The molecule has 2 aliphatic rings. The maximum Gasteiger partial charge on any atom is 0.417 e. The molecule has 2 fully saturated rings. The standard InChI is InChI=1S/C31H40F3N5O/c1-30(2,3)24-6-9-27(10-7-24)38-15-4-14-37(19-20-38)16-13-29(40)39-17-11-25(12-18-39)36-26-8-5-23(22-35)28(21-26)31(32,33)34/h5-10,21,25,36H,4,11-20H2,1-3H3. The number of carbonyl (C=O) groups is 1. The first-order valence-corrected chi connectivity index (χ1v) is 14.2. The summed E-state index contributed by atoms with van der Waals surface area (Å²) in [5, 5.41) is 12.2. The van der Waals surface area contributed by atoms with Gasteiger partial charge in [0.2, 0.25) is 5.91 Å². The van der Waals surface area contributed by atoms with Gasteiger partial charge in [-0.05, 0) is 67.1 Å². The van der Waals surface area contributed by atoms with Crippen molar-refractivity contribution in [3.63, 3.8) is 0 Å². The molecule has 2 aromatic rings. The molecule has 1 N–H and O–H groups in total. The van der Waals surface area contributed by atoms with Crippen LogP contribution in [0.4, 0.5) is 24.5 Å². The van der Waals surface area contributed by atoms with E-state index < -0.39 is 11.7 Å². The summed E-state index contributed by atoms with van der Waals surface area (Å²) in [6.45, 7) is 12.4. The van der Waals surface area contributed by atoms with E-state index in [1.54, 1.807) is 6.07 Å². The molecule has 0 bridgehead atoms. The number of amides is 1. The van der Waals surface area contributed by atoms with Crippen LogP contribution in [0.1, 0.15) is 63.1 Å². The number of piperidine rings is 1. The lowest BCUT2D eigenvalue weighted by atomic mass is 9.87. The fourth-order valence-electron chi connectivity index (χ4n) is 5.51. The van der Waals surface area contributed by atoms with E-state index in [0.717, 1.165) is 45.2 Å². The molecule has 9 heteroatoms. The molecule has 216 valence electrons. The lowest BCUT2D eigenvalue weighted by Gasteiger charge is -2.33. The molecule has 1 amide bonds. The summed E-state index contributed by atoms with van der Waals surface area (Å²) in [6, 6.07) is 14.2. The van der Waals surface area contributed by atoms with Gasteiger partial charge in [0.15, 0.2) is 0 Å².